The van der Waals surface area contributed by atoms with Crippen molar-refractivity contribution < 1.29 is 19.4 Å². The van der Waals surface area contributed by atoms with Crippen molar-refractivity contribution in [3.63, 3.8) is 0 Å². The molecule has 1 unspecified atom stereocenters. The van der Waals surface area contributed by atoms with Crippen molar-refractivity contribution in [2.24, 2.45) is 5.73 Å². The van der Waals surface area contributed by atoms with Crippen molar-refractivity contribution in [2.45, 2.75) is 142 Å². The van der Waals surface area contributed by atoms with Crippen molar-refractivity contribution >= 4 is 12.0 Å². The normalized spacial score (nSPS) is 12.0. The number of aliphatic hydroxyl groups is 1. The fourth-order valence-electron chi connectivity index (χ4n) is 4.04. The minimum absolute atomic E-state index is 0.0887. The molecule has 0 fully saturated rings. The largest absolute Gasteiger partial charge is 0.466 e. The molecule has 1 atom stereocenters. The molecule has 0 aliphatic heterocycles. The highest BCUT2D eigenvalue weighted by atomic mass is 16.5. The Balaban J connectivity index is 3.61. The lowest BCUT2D eigenvalue weighted by molar-refractivity contribution is -0.143. The number of aliphatic hydroxyl groups excluding tert-OH is 1. The molecule has 0 bridgehead atoms. The monoisotopic (exact) mass is 470 g/mol. The lowest BCUT2D eigenvalue weighted by Crippen LogP contribution is -2.37. The van der Waals surface area contributed by atoms with Crippen LogP contribution in [0.4, 0.5) is 4.79 Å². The van der Waals surface area contributed by atoms with Gasteiger partial charge in [-0.05, 0) is 38.5 Å². The first-order chi connectivity index (χ1) is 16.0. The summed E-state index contributed by atoms with van der Waals surface area (Å²) in [5, 5.41) is 10.0. The summed E-state index contributed by atoms with van der Waals surface area (Å²) < 4.78 is 5.33. The lowest BCUT2D eigenvalue weighted by Gasteiger charge is -2.21. The number of ether oxygens (including phenoxy) is 1. The summed E-state index contributed by atoms with van der Waals surface area (Å²) in [6.45, 7) is 6.18. The second-order valence-electron chi connectivity index (χ2n) is 9.48. The fourth-order valence-corrected chi connectivity index (χ4v) is 4.04. The lowest BCUT2D eigenvalue weighted by atomic mass is 10.1. The van der Waals surface area contributed by atoms with Crippen molar-refractivity contribution in [2.75, 3.05) is 19.7 Å². The van der Waals surface area contributed by atoms with E-state index in [-0.39, 0.29) is 18.1 Å². The van der Waals surface area contributed by atoms with Gasteiger partial charge in [0.25, 0.3) is 0 Å². The molecule has 0 aromatic heterocycles. The number of rotatable bonds is 24. The fraction of sp³-hybridized carbons (Fsp3) is 0.926. The van der Waals surface area contributed by atoms with Gasteiger partial charge in [-0.1, -0.05) is 90.9 Å². The van der Waals surface area contributed by atoms with Crippen LogP contribution in [0.5, 0.6) is 0 Å². The van der Waals surface area contributed by atoms with Gasteiger partial charge < -0.3 is 20.5 Å². The molecule has 2 amide bonds. The Morgan fingerprint density at radius 1 is 0.727 bits per heavy atom. The molecule has 0 aromatic rings. The highest BCUT2D eigenvalue weighted by Gasteiger charge is 2.11. The molecule has 6 heteroatoms. The topological polar surface area (TPSA) is 92.9 Å². The number of hydrogen-bond acceptors (Lipinski definition) is 4. The molecule has 0 saturated heterocycles. The Labute approximate surface area is 204 Å². The van der Waals surface area contributed by atoms with E-state index in [1.54, 1.807) is 4.90 Å². The minimum Gasteiger partial charge on any atom is -0.466 e. The number of carbonyl (C=O) groups is 2. The van der Waals surface area contributed by atoms with Crippen molar-refractivity contribution in [1.82, 2.24) is 4.90 Å². The summed E-state index contributed by atoms with van der Waals surface area (Å²) in [4.78, 5) is 25.1. The van der Waals surface area contributed by atoms with Crippen LogP contribution in [-0.2, 0) is 9.53 Å². The first-order valence-electron chi connectivity index (χ1n) is 13.9. The smallest absolute Gasteiger partial charge is 0.314 e. The Morgan fingerprint density at radius 2 is 1.24 bits per heavy atom. The predicted molar refractivity (Wildman–Crippen MR) is 137 cm³/mol. The summed E-state index contributed by atoms with van der Waals surface area (Å²) in [7, 11) is 0. The number of nitrogens with zero attached hydrogens (tertiary/aromatic N) is 1. The number of urea groups is 1. The van der Waals surface area contributed by atoms with Gasteiger partial charge in [-0.3, -0.25) is 4.79 Å². The third-order valence-corrected chi connectivity index (χ3v) is 6.24. The van der Waals surface area contributed by atoms with Gasteiger partial charge in [0.1, 0.15) is 0 Å². The Morgan fingerprint density at radius 3 is 1.91 bits per heavy atom. The van der Waals surface area contributed by atoms with E-state index in [9.17, 15) is 14.7 Å². The molecule has 0 aromatic carbocycles. The van der Waals surface area contributed by atoms with Crippen LogP contribution in [0.1, 0.15) is 136 Å². The number of hydrogen-bond donors (Lipinski definition) is 2. The van der Waals surface area contributed by atoms with Gasteiger partial charge in [-0.25, -0.2) is 4.79 Å². The summed E-state index contributed by atoms with van der Waals surface area (Å²) >= 11 is 0. The zero-order chi connectivity index (χ0) is 24.6. The molecule has 0 spiro atoms. The zero-order valence-corrected chi connectivity index (χ0v) is 21.8. The number of esters is 1. The van der Waals surface area contributed by atoms with E-state index in [2.05, 4.69) is 13.8 Å². The second-order valence-corrected chi connectivity index (χ2v) is 9.48. The van der Waals surface area contributed by atoms with Crippen LogP contribution in [0.3, 0.4) is 0 Å². The highest BCUT2D eigenvalue weighted by Crippen LogP contribution is 2.11. The maximum Gasteiger partial charge on any atom is 0.314 e. The number of unbranched alkanes of at least 4 members (excludes halogenated alkanes) is 12. The molecule has 0 saturated carbocycles. The summed E-state index contributed by atoms with van der Waals surface area (Å²) in [6.07, 6.45) is 19.5. The Kier molecular flexibility index (Phi) is 22.9. The van der Waals surface area contributed by atoms with Crippen LogP contribution in [0.25, 0.3) is 0 Å². The van der Waals surface area contributed by atoms with Crippen LogP contribution in [0.2, 0.25) is 0 Å². The molecule has 33 heavy (non-hydrogen) atoms. The Hall–Kier alpha value is -1.30. The molecule has 0 aliphatic carbocycles. The second kappa shape index (κ2) is 23.8. The molecule has 0 aliphatic rings. The van der Waals surface area contributed by atoms with Crippen LogP contribution >= 0.6 is 0 Å². The van der Waals surface area contributed by atoms with E-state index >= 15 is 0 Å². The van der Waals surface area contributed by atoms with E-state index in [4.69, 9.17) is 10.5 Å². The average Bonchev–Trinajstić information content (AvgIpc) is 2.79. The first-order valence-corrected chi connectivity index (χ1v) is 13.9. The van der Waals surface area contributed by atoms with Crippen molar-refractivity contribution in [3.05, 3.63) is 0 Å². The number of amides is 2. The highest BCUT2D eigenvalue weighted by molar-refractivity contribution is 5.71. The molecule has 196 valence electrons. The van der Waals surface area contributed by atoms with Crippen molar-refractivity contribution in [3.8, 4) is 0 Å². The predicted octanol–water partition coefficient (Wildman–Crippen LogP) is 6.72. The SMILES string of the molecule is CCCCCCCCCCOC(=O)CCCCCCN(CCCC(O)CCCCC)C(N)=O. The number of nitrogens with two attached hydrogens (primary N) is 1. The van der Waals surface area contributed by atoms with Gasteiger partial charge in [0.2, 0.25) is 0 Å². The molecule has 0 heterocycles. The van der Waals surface area contributed by atoms with Crippen LogP contribution in [0.15, 0.2) is 0 Å². The van der Waals surface area contributed by atoms with Crippen LogP contribution in [-0.4, -0.2) is 47.8 Å². The van der Waals surface area contributed by atoms with Crippen LogP contribution in [0, 0.1) is 0 Å². The molecular formula is C27H54N2O4. The van der Waals surface area contributed by atoms with Gasteiger partial charge in [0.15, 0.2) is 0 Å². The summed E-state index contributed by atoms with van der Waals surface area (Å²) in [6, 6.07) is -0.389. The third-order valence-electron chi connectivity index (χ3n) is 6.24. The molecule has 0 radical (unpaired) electrons. The maximum atomic E-state index is 11.8. The van der Waals surface area contributed by atoms with E-state index in [0.717, 1.165) is 70.6 Å². The molecule has 0 rings (SSSR count). The quantitative estimate of drug-likeness (QED) is 0.121. The Bertz CT molecular complexity index is 459. The van der Waals surface area contributed by atoms with E-state index < -0.39 is 0 Å². The van der Waals surface area contributed by atoms with Crippen molar-refractivity contribution in [1.29, 1.82) is 0 Å². The zero-order valence-electron chi connectivity index (χ0n) is 21.8. The van der Waals surface area contributed by atoms with E-state index in [1.807, 2.05) is 0 Å². The van der Waals surface area contributed by atoms with Crippen LogP contribution < -0.4 is 5.73 Å². The third kappa shape index (κ3) is 22.3. The standard InChI is InChI=1S/C27H54N2O4/c1-3-5-7-8-9-10-13-17-24-33-26(31)21-15-11-12-16-22-29(27(28)32)23-18-20-25(30)19-14-6-4-2/h25,30H,3-24H2,1-2H3,(H2,28,32). The molecular weight excluding hydrogens is 416 g/mol. The summed E-state index contributed by atoms with van der Waals surface area (Å²) in [5.41, 5.74) is 5.50. The number of carbonyl (C=O) groups excluding carboxylic acids is 2. The first kappa shape index (κ1) is 31.7. The van der Waals surface area contributed by atoms with Gasteiger partial charge in [-0.2, -0.15) is 0 Å². The maximum absolute atomic E-state index is 11.8. The van der Waals surface area contributed by atoms with Gasteiger partial charge in [0.05, 0.1) is 12.7 Å². The van der Waals surface area contributed by atoms with Gasteiger partial charge in [-0.15, -0.1) is 0 Å². The van der Waals surface area contributed by atoms with Gasteiger partial charge >= 0.3 is 12.0 Å². The average molecular weight is 471 g/mol. The number of primary amides is 1. The summed E-state index contributed by atoms with van der Waals surface area (Å²) in [5.74, 6) is -0.0887. The minimum atomic E-state index is -0.389. The van der Waals surface area contributed by atoms with Gasteiger partial charge in [0, 0.05) is 19.5 Å². The molecule has 3 N–H and O–H groups in total. The van der Waals surface area contributed by atoms with E-state index in [0.29, 0.717) is 32.5 Å². The van der Waals surface area contributed by atoms with E-state index in [1.165, 1.54) is 38.5 Å². The molecule has 6 nitrogen and oxygen atoms in total.